The summed E-state index contributed by atoms with van der Waals surface area (Å²) in [7, 11) is -2.04. The molecular formula is C12H20O5Si. The van der Waals surface area contributed by atoms with Crippen LogP contribution in [0.1, 0.15) is 6.42 Å². The van der Waals surface area contributed by atoms with E-state index in [1.807, 2.05) is 0 Å². The third-order valence-corrected chi connectivity index (χ3v) is 8.97. The fraction of sp³-hybridized carbons (Fsp3) is 0.917. The molecule has 3 saturated heterocycles. The fourth-order valence-electron chi connectivity index (χ4n) is 2.56. The van der Waals surface area contributed by atoms with E-state index < -0.39 is 8.32 Å². The molecule has 0 aromatic rings. The van der Waals surface area contributed by atoms with Crippen molar-refractivity contribution >= 4 is 14.3 Å². The van der Waals surface area contributed by atoms with Crippen molar-refractivity contribution in [1.82, 2.24) is 0 Å². The lowest BCUT2D eigenvalue weighted by Gasteiger charge is -2.47. The first-order valence-corrected chi connectivity index (χ1v) is 9.20. The average molecular weight is 272 g/mol. The van der Waals surface area contributed by atoms with Gasteiger partial charge < -0.3 is 18.6 Å². The first-order chi connectivity index (χ1) is 8.68. The number of ether oxygens (including phenoxy) is 3. The third kappa shape index (κ3) is 2.22. The number of hydrogen-bond acceptors (Lipinski definition) is 5. The van der Waals surface area contributed by atoms with Crippen molar-refractivity contribution < 1.29 is 23.4 Å². The Morgan fingerprint density at radius 3 is 1.89 bits per heavy atom. The largest absolute Gasteiger partial charge is 0.518 e. The smallest absolute Gasteiger partial charge is 0.292 e. The summed E-state index contributed by atoms with van der Waals surface area (Å²) in [6.45, 7) is 6.57. The molecule has 0 aromatic carbocycles. The molecule has 6 heteroatoms. The Morgan fingerprint density at radius 1 is 1.06 bits per heavy atom. The molecule has 0 aliphatic carbocycles. The van der Waals surface area contributed by atoms with Gasteiger partial charge in [0.15, 0.2) is 0 Å². The van der Waals surface area contributed by atoms with Crippen LogP contribution in [0.4, 0.5) is 0 Å². The van der Waals surface area contributed by atoms with Crippen LogP contribution in [0.5, 0.6) is 0 Å². The lowest BCUT2D eigenvalue weighted by Crippen LogP contribution is -2.58. The topological polar surface area (TPSA) is 54.0 Å². The van der Waals surface area contributed by atoms with Crippen molar-refractivity contribution in [3.63, 3.8) is 0 Å². The Bertz CT molecular complexity index is 308. The predicted octanol–water partition coefficient (Wildman–Crippen LogP) is 0.942. The quantitative estimate of drug-likeness (QED) is 0.697. The van der Waals surface area contributed by atoms with Gasteiger partial charge in [-0.1, -0.05) is 0 Å². The summed E-state index contributed by atoms with van der Waals surface area (Å²) in [4.78, 5) is 12.0. The summed E-state index contributed by atoms with van der Waals surface area (Å²) in [5.74, 6) is 0.322. The van der Waals surface area contributed by atoms with Crippen LogP contribution in [-0.2, 0) is 23.4 Å². The van der Waals surface area contributed by atoms with E-state index in [-0.39, 0.29) is 5.97 Å². The van der Waals surface area contributed by atoms with E-state index in [0.717, 1.165) is 26.4 Å². The van der Waals surface area contributed by atoms with Gasteiger partial charge in [-0.15, -0.1) is 0 Å². The Labute approximate surface area is 108 Å². The summed E-state index contributed by atoms with van der Waals surface area (Å²) in [5, 5.41) is 0. The molecule has 3 rings (SSSR count). The Hall–Kier alpha value is -0.433. The Balaban J connectivity index is 1.59. The fourth-order valence-corrected chi connectivity index (χ4v) is 5.93. The standard InChI is InChI=1S/C12H20O5Si/c1-18(10-5-15-6-10,11-7-16-8-11)17-12(13)2-9-3-14-4-9/h9-11H,2-8H2,1H3. The van der Waals surface area contributed by atoms with E-state index >= 15 is 0 Å². The molecule has 0 radical (unpaired) electrons. The van der Waals surface area contributed by atoms with Crippen LogP contribution in [0.15, 0.2) is 0 Å². The van der Waals surface area contributed by atoms with Crippen LogP contribution in [0, 0.1) is 5.92 Å². The Morgan fingerprint density at radius 2 is 1.56 bits per heavy atom. The highest BCUT2D eigenvalue weighted by atomic mass is 28.4. The van der Waals surface area contributed by atoms with Gasteiger partial charge in [-0.2, -0.15) is 0 Å². The summed E-state index contributed by atoms with van der Waals surface area (Å²) in [6.07, 6.45) is 0.504. The molecule has 0 saturated carbocycles. The maximum Gasteiger partial charge on any atom is 0.292 e. The second-order valence-electron chi connectivity index (χ2n) is 5.73. The molecule has 5 nitrogen and oxygen atoms in total. The van der Waals surface area contributed by atoms with E-state index in [9.17, 15) is 4.79 Å². The van der Waals surface area contributed by atoms with Gasteiger partial charge in [0.25, 0.3) is 14.3 Å². The van der Waals surface area contributed by atoms with Crippen molar-refractivity contribution in [3.05, 3.63) is 0 Å². The normalized spacial score (nSPS) is 26.1. The van der Waals surface area contributed by atoms with Gasteiger partial charge in [-0.25, -0.2) is 0 Å². The zero-order valence-corrected chi connectivity index (χ0v) is 11.7. The van der Waals surface area contributed by atoms with Crippen LogP contribution < -0.4 is 0 Å². The van der Waals surface area contributed by atoms with Crippen molar-refractivity contribution in [3.8, 4) is 0 Å². The molecular weight excluding hydrogens is 252 g/mol. The van der Waals surface area contributed by atoms with Gasteiger partial charge >= 0.3 is 0 Å². The van der Waals surface area contributed by atoms with E-state index in [2.05, 4.69) is 6.55 Å². The zero-order chi connectivity index (χ0) is 12.6. The van der Waals surface area contributed by atoms with E-state index in [1.165, 1.54) is 0 Å². The number of rotatable bonds is 5. The highest BCUT2D eigenvalue weighted by Crippen LogP contribution is 2.42. The number of hydrogen-bond donors (Lipinski definition) is 0. The van der Waals surface area contributed by atoms with Crippen molar-refractivity contribution in [2.75, 3.05) is 39.6 Å². The van der Waals surface area contributed by atoms with E-state index in [1.54, 1.807) is 0 Å². The van der Waals surface area contributed by atoms with E-state index in [4.69, 9.17) is 18.6 Å². The van der Waals surface area contributed by atoms with Gasteiger partial charge in [-0.05, 0) is 6.55 Å². The molecule has 3 fully saturated rings. The second-order valence-corrected chi connectivity index (χ2v) is 9.94. The highest BCUT2D eigenvalue weighted by molar-refractivity contribution is 6.77. The maximum absolute atomic E-state index is 12.0. The SMILES string of the molecule is C[Si](OC(=O)CC1COC1)(C1COC1)C1COC1. The number of carbonyl (C=O) groups excluding carboxylic acids is 1. The van der Waals surface area contributed by atoms with Crippen LogP contribution >= 0.6 is 0 Å². The van der Waals surface area contributed by atoms with Crippen LogP contribution in [-0.4, -0.2) is 53.9 Å². The first kappa shape index (κ1) is 12.6. The molecule has 3 heterocycles. The summed E-state index contributed by atoms with van der Waals surface area (Å²) >= 11 is 0. The molecule has 0 bridgehead atoms. The minimum absolute atomic E-state index is 0.0451. The molecule has 3 aliphatic heterocycles. The Kier molecular flexibility index (Phi) is 3.44. The lowest BCUT2D eigenvalue weighted by atomic mass is 10.1. The molecule has 102 valence electrons. The molecule has 18 heavy (non-hydrogen) atoms. The molecule has 0 aromatic heterocycles. The van der Waals surface area contributed by atoms with Gasteiger partial charge in [0, 0.05) is 17.0 Å². The minimum atomic E-state index is -2.04. The molecule has 0 atom stereocenters. The molecule has 0 amide bonds. The predicted molar refractivity (Wildman–Crippen MR) is 65.8 cm³/mol. The van der Waals surface area contributed by atoms with Crippen LogP contribution in [0.3, 0.4) is 0 Å². The van der Waals surface area contributed by atoms with Crippen LogP contribution in [0.2, 0.25) is 17.6 Å². The monoisotopic (exact) mass is 272 g/mol. The lowest BCUT2D eigenvalue weighted by molar-refractivity contribution is -0.142. The summed E-state index contributed by atoms with van der Waals surface area (Å²) in [6, 6.07) is 0. The van der Waals surface area contributed by atoms with E-state index in [0.29, 0.717) is 36.6 Å². The maximum atomic E-state index is 12.0. The molecule has 0 N–H and O–H groups in total. The van der Waals surface area contributed by atoms with Crippen molar-refractivity contribution in [2.24, 2.45) is 5.92 Å². The molecule has 0 spiro atoms. The summed E-state index contributed by atoms with van der Waals surface area (Å²) in [5.41, 5.74) is 0.904. The molecule has 0 unspecified atom stereocenters. The van der Waals surface area contributed by atoms with Crippen LogP contribution in [0.25, 0.3) is 0 Å². The third-order valence-electron chi connectivity index (χ3n) is 4.39. The van der Waals surface area contributed by atoms with Gasteiger partial charge in [-0.3, -0.25) is 4.79 Å². The van der Waals surface area contributed by atoms with Gasteiger partial charge in [0.2, 0.25) is 0 Å². The molecule has 3 aliphatic rings. The van der Waals surface area contributed by atoms with Gasteiger partial charge in [0.1, 0.15) is 0 Å². The average Bonchev–Trinajstić information content (AvgIpc) is 2.04. The summed E-state index contributed by atoms with van der Waals surface area (Å²) < 4.78 is 21.6. The van der Waals surface area contributed by atoms with Gasteiger partial charge in [0.05, 0.1) is 46.1 Å². The zero-order valence-electron chi connectivity index (χ0n) is 10.7. The van der Waals surface area contributed by atoms with Crippen molar-refractivity contribution in [2.45, 2.75) is 24.1 Å². The van der Waals surface area contributed by atoms with Crippen molar-refractivity contribution in [1.29, 1.82) is 0 Å². The first-order valence-electron chi connectivity index (χ1n) is 6.63. The second kappa shape index (κ2) is 4.92. The minimum Gasteiger partial charge on any atom is -0.518 e. The highest BCUT2D eigenvalue weighted by Gasteiger charge is 2.54. The number of carbonyl (C=O) groups is 1.